The van der Waals surface area contributed by atoms with Crippen LogP contribution in [0, 0.1) is 5.92 Å². The van der Waals surface area contributed by atoms with Crippen molar-refractivity contribution >= 4 is 23.6 Å². The van der Waals surface area contributed by atoms with Gasteiger partial charge < -0.3 is 0 Å². The fraction of sp³-hybridized carbons (Fsp3) is 0.400. The summed E-state index contributed by atoms with van der Waals surface area (Å²) in [5, 5.41) is 4.47. The maximum absolute atomic E-state index is 11.7. The van der Waals surface area contributed by atoms with E-state index < -0.39 is 0 Å². The maximum atomic E-state index is 11.7. The van der Waals surface area contributed by atoms with Gasteiger partial charge in [0, 0.05) is 18.3 Å². The molecule has 1 aromatic heterocycles. The molecule has 4 heteroatoms. The van der Waals surface area contributed by atoms with Crippen LogP contribution >= 0.6 is 11.6 Å². The Kier molecular flexibility index (Phi) is 3.47. The third-order valence-electron chi connectivity index (χ3n) is 1.82. The number of carbonyl (C=O) groups is 1. The second kappa shape index (κ2) is 4.42. The fourth-order valence-corrected chi connectivity index (χ4v) is 1.36. The van der Waals surface area contributed by atoms with Gasteiger partial charge in [-0.2, -0.15) is 5.10 Å². The number of nitrogens with zero attached hydrogens (tertiary/aromatic N) is 2. The third-order valence-corrected chi connectivity index (χ3v) is 2.12. The summed E-state index contributed by atoms with van der Waals surface area (Å²) in [7, 11) is 0. The van der Waals surface area contributed by atoms with Crippen molar-refractivity contribution in [3.05, 3.63) is 23.0 Å². The van der Waals surface area contributed by atoms with Crippen LogP contribution < -0.4 is 0 Å². The molecule has 1 heterocycles. The molecule has 0 aliphatic carbocycles. The van der Waals surface area contributed by atoms with E-state index in [0.29, 0.717) is 10.7 Å². The van der Waals surface area contributed by atoms with Gasteiger partial charge in [0.25, 0.3) is 0 Å². The zero-order chi connectivity index (χ0) is 10.7. The van der Waals surface area contributed by atoms with Crippen molar-refractivity contribution in [2.45, 2.75) is 20.8 Å². The number of aromatic nitrogens is 1. The first-order chi connectivity index (χ1) is 6.57. The van der Waals surface area contributed by atoms with E-state index in [1.165, 1.54) is 4.68 Å². The summed E-state index contributed by atoms with van der Waals surface area (Å²) in [6.07, 6.45) is 3.30. The number of Topliss-reactive ketones (excluding diaryl/α,β-unsaturated/α-hetero) is 1. The minimum Gasteiger partial charge on any atom is -0.292 e. The zero-order valence-corrected chi connectivity index (χ0v) is 9.25. The summed E-state index contributed by atoms with van der Waals surface area (Å²) in [4.78, 5) is 11.7. The predicted molar refractivity (Wildman–Crippen MR) is 58.2 cm³/mol. The van der Waals surface area contributed by atoms with E-state index in [1.54, 1.807) is 25.4 Å². The molecule has 0 saturated heterocycles. The van der Waals surface area contributed by atoms with Crippen LogP contribution in [0.2, 0.25) is 5.02 Å². The summed E-state index contributed by atoms with van der Waals surface area (Å²) in [6.45, 7) is 5.47. The molecule has 0 saturated carbocycles. The Morgan fingerprint density at radius 2 is 2.29 bits per heavy atom. The summed E-state index contributed by atoms with van der Waals surface area (Å²) in [6, 6.07) is 1.67. The van der Waals surface area contributed by atoms with Crippen molar-refractivity contribution in [2.24, 2.45) is 11.0 Å². The lowest BCUT2D eigenvalue weighted by Crippen LogP contribution is -2.12. The Bertz CT molecular complexity index is 366. The van der Waals surface area contributed by atoms with E-state index in [-0.39, 0.29) is 11.7 Å². The molecular weight excluding hydrogens is 200 g/mol. The minimum atomic E-state index is -0.0757. The van der Waals surface area contributed by atoms with Gasteiger partial charge in [-0.25, -0.2) is 4.68 Å². The van der Waals surface area contributed by atoms with Crippen molar-refractivity contribution in [1.29, 1.82) is 0 Å². The van der Waals surface area contributed by atoms with Crippen LogP contribution in [0.4, 0.5) is 0 Å². The number of hydrogen-bond donors (Lipinski definition) is 0. The molecule has 1 rings (SSSR count). The van der Waals surface area contributed by atoms with Gasteiger partial charge in [-0.3, -0.25) is 4.79 Å². The number of hydrogen-bond acceptors (Lipinski definition) is 2. The summed E-state index contributed by atoms with van der Waals surface area (Å²) >= 11 is 5.90. The Morgan fingerprint density at radius 3 is 2.79 bits per heavy atom. The number of rotatable bonds is 3. The number of carbonyl (C=O) groups excluding carboxylic acids is 1. The Morgan fingerprint density at radius 1 is 1.64 bits per heavy atom. The van der Waals surface area contributed by atoms with Gasteiger partial charge in [-0.1, -0.05) is 25.4 Å². The van der Waals surface area contributed by atoms with Gasteiger partial charge >= 0.3 is 0 Å². The first kappa shape index (κ1) is 11.0. The van der Waals surface area contributed by atoms with Crippen LogP contribution in [0.15, 0.2) is 17.4 Å². The van der Waals surface area contributed by atoms with Crippen LogP contribution in [-0.4, -0.2) is 16.7 Å². The highest BCUT2D eigenvalue weighted by atomic mass is 35.5. The van der Waals surface area contributed by atoms with E-state index in [0.717, 1.165) is 0 Å². The highest BCUT2D eigenvalue weighted by Gasteiger charge is 2.18. The SMILES string of the molecule is CC=Nn1ccc(Cl)c1C(=O)C(C)C. The van der Waals surface area contributed by atoms with Crippen molar-refractivity contribution < 1.29 is 4.79 Å². The molecule has 0 atom stereocenters. The summed E-state index contributed by atoms with van der Waals surface area (Å²) < 4.78 is 1.50. The molecule has 1 aromatic rings. The molecule has 0 aliphatic rings. The molecule has 0 radical (unpaired) electrons. The molecule has 0 aliphatic heterocycles. The van der Waals surface area contributed by atoms with Gasteiger partial charge in [0.15, 0.2) is 5.78 Å². The third kappa shape index (κ3) is 2.04. The van der Waals surface area contributed by atoms with E-state index >= 15 is 0 Å². The average Bonchev–Trinajstić information content (AvgIpc) is 2.47. The average molecular weight is 213 g/mol. The minimum absolute atomic E-state index is 0.00519. The largest absolute Gasteiger partial charge is 0.292 e. The summed E-state index contributed by atoms with van der Waals surface area (Å²) in [5.74, 6) is -0.0705. The van der Waals surface area contributed by atoms with Crippen LogP contribution in [0.25, 0.3) is 0 Å². The van der Waals surface area contributed by atoms with Crippen LogP contribution in [0.5, 0.6) is 0 Å². The molecule has 3 nitrogen and oxygen atoms in total. The normalized spacial score (nSPS) is 11.5. The van der Waals surface area contributed by atoms with Gasteiger partial charge in [-0.05, 0) is 13.0 Å². The highest BCUT2D eigenvalue weighted by Crippen LogP contribution is 2.20. The molecule has 0 amide bonds. The lowest BCUT2D eigenvalue weighted by Gasteiger charge is -2.05. The fourth-order valence-electron chi connectivity index (χ4n) is 1.12. The van der Waals surface area contributed by atoms with Crippen molar-refractivity contribution in [3.63, 3.8) is 0 Å². The Balaban J connectivity index is 3.17. The Hall–Kier alpha value is -1.09. The molecular formula is C10H13ClN2O. The van der Waals surface area contributed by atoms with Crippen molar-refractivity contribution in [2.75, 3.05) is 0 Å². The quantitative estimate of drug-likeness (QED) is 0.561. The lowest BCUT2D eigenvalue weighted by molar-refractivity contribution is 0.0931. The van der Waals surface area contributed by atoms with Crippen LogP contribution in [0.3, 0.4) is 0 Å². The van der Waals surface area contributed by atoms with Crippen LogP contribution in [-0.2, 0) is 0 Å². The van der Waals surface area contributed by atoms with E-state index in [4.69, 9.17) is 11.6 Å². The topological polar surface area (TPSA) is 34.4 Å². The maximum Gasteiger partial charge on any atom is 0.185 e. The molecule has 76 valence electrons. The first-order valence-electron chi connectivity index (χ1n) is 4.48. The standard InChI is InChI=1S/C10H13ClN2O/c1-4-12-13-6-5-8(11)9(13)10(14)7(2)3/h4-7H,1-3H3. The van der Waals surface area contributed by atoms with Crippen molar-refractivity contribution in [1.82, 2.24) is 4.68 Å². The molecule has 0 spiro atoms. The monoisotopic (exact) mass is 212 g/mol. The predicted octanol–water partition coefficient (Wildman–Crippen LogP) is 2.83. The van der Waals surface area contributed by atoms with E-state index in [9.17, 15) is 4.79 Å². The first-order valence-corrected chi connectivity index (χ1v) is 4.85. The van der Waals surface area contributed by atoms with Gasteiger partial charge in [0.1, 0.15) is 5.69 Å². The summed E-state index contributed by atoms with van der Waals surface area (Å²) in [5.41, 5.74) is 0.458. The van der Waals surface area contributed by atoms with Gasteiger partial charge in [-0.15, -0.1) is 0 Å². The molecule has 0 bridgehead atoms. The Labute approximate surface area is 88.4 Å². The number of halogens is 1. The van der Waals surface area contributed by atoms with Crippen molar-refractivity contribution in [3.8, 4) is 0 Å². The van der Waals surface area contributed by atoms with Gasteiger partial charge in [0.05, 0.1) is 5.02 Å². The highest BCUT2D eigenvalue weighted by molar-refractivity contribution is 6.33. The van der Waals surface area contributed by atoms with E-state index in [1.807, 2.05) is 13.8 Å². The van der Waals surface area contributed by atoms with E-state index in [2.05, 4.69) is 5.10 Å². The second-order valence-electron chi connectivity index (χ2n) is 3.25. The molecule has 14 heavy (non-hydrogen) atoms. The van der Waals surface area contributed by atoms with Gasteiger partial charge in [0.2, 0.25) is 0 Å². The molecule has 0 fully saturated rings. The molecule has 0 aromatic carbocycles. The second-order valence-corrected chi connectivity index (χ2v) is 3.66. The van der Waals surface area contributed by atoms with Crippen LogP contribution in [0.1, 0.15) is 31.3 Å². The molecule has 0 N–H and O–H groups in total. The lowest BCUT2D eigenvalue weighted by atomic mass is 10.1. The molecule has 0 unspecified atom stereocenters. The smallest absolute Gasteiger partial charge is 0.185 e. The number of ketones is 1. The zero-order valence-electron chi connectivity index (χ0n) is 8.49.